The number of ether oxygens (including phenoxy) is 1. The van der Waals surface area contributed by atoms with Gasteiger partial charge in [0.2, 0.25) is 5.88 Å². The van der Waals surface area contributed by atoms with Crippen molar-refractivity contribution in [1.29, 1.82) is 5.26 Å². The van der Waals surface area contributed by atoms with Crippen molar-refractivity contribution in [2.24, 2.45) is 5.73 Å². The molecule has 2 N–H and O–H groups in total. The first-order valence-corrected chi connectivity index (χ1v) is 10.0. The molecule has 6 heteroatoms. The van der Waals surface area contributed by atoms with Crippen LogP contribution in [0.3, 0.4) is 0 Å². The summed E-state index contributed by atoms with van der Waals surface area (Å²) in [5.41, 5.74) is 11.7. The Morgan fingerprint density at radius 3 is 2.58 bits per heavy atom. The molecule has 31 heavy (non-hydrogen) atoms. The maximum absolute atomic E-state index is 9.83. The highest BCUT2D eigenvalue weighted by atomic mass is 16.5. The number of rotatable bonds is 4. The van der Waals surface area contributed by atoms with Gasteiger partial charge in [0.25, 0.3) is 0 Å². The molecule has 0 aliphatic carbocycles. The zero-order valence-corrected chi connectivity index (χ0v) is 16.8. The number of allylic oxidation sites excluding steroid dienone is 1. The topological polar surface area (TPSA) is 88.6 Å². The zero-order chi connectivity index (χ0) is 21.2. The van der Waals surface area contributed by atoms with Crippen molar-refractivity contribution in [2.45, 2.75) is 12.5 Å². The molecule has 1 atom stereocenters. The third-order valence-electron chi connectivity index (χ3n) is 5.62. The molecule has 0 fully saturated rings. The molecular weight excluding hydrogens is 390 g/mol. The van der Waals surface area contributed by atoms with Crippen LogP contribution in [-0.2, 0) is 11.3 Å². The molecule has 2 aromatic heterocycles. The summed E-state index contributed by atoms with van der Waals surface area (Å²) in [6, 6.07) is 16.4. The fourth-order valence-corrected chi connectivity index (χ4v) is 4.27. The van der Waals surface area contributed by atoms with Crippen LogP contribution in [-0.4, -0.2) is 18.0 Å². The van der Waals surface area contributed by atoms with Gasteiger partial charge in [-0.05, 0) is 29.3 Å². The van der Waals surface area contributed by atoms with Crippen molar-refractivity contribution >= 4 is 6.08 Å². The van der Waals surface area contributed by atoms with E-state index >= 15 is 0 Å². The van der Waals surface area contributed by atoms with E-state index in [1.165, 1.54) is 5.56 Å². The molecule has 6 nitrogen and oxygen atoms in total. The number of nitrogens with zero attached hydrogens (tertiary/aromatic N) is 2. The van der Waals surface area contributed by atoms with E-state index in [9.17, 15) is 5.26 Å². The van der Waals surface area contributed by atoms with Crippen molar-refractivity contribution in [2.75, 3.05) is 13.1 Å². The maximum Gasteiger partial charge on any atom is 0.205 e. The van der Waals surface area contributed by atoms with Crippen LogP contribution >= 0.6 is 0 Å². The highest BCUT2D eigenvalue weighted by Crippen LogP contribution is 2.44. The van der Waals surface area contributed by atoms with Gasteiger partial charge in [-0.25, -0.2) is 0 Å². The van der Waals surface area contributed by atoms with E-state index < -0.39 is 0 Å². The Morgan fingerprint density at radius 1 is 1.06 bits per heavy atom. The molecule has 2 aliphatic rings. The minimum atomic E-state index is -0.307. The Bertz CT molecular complexity index is 1200. The van der Waals surface area contributed by atoms with Gasteiger partial charge in [0.05, 0.1) is 31.0 Å². The molecule has 5 rings (SSSR count). The Morgan fingerprint density at radius 2 is 1.87 bits per heavy atom. The zero-order valence-electron chi connectivity index (χ0n) is 16.8. The summed E-state index contributed by atoms with van der Waals surface area (Å²) in [4.78, 5) is 2.34. The highest BCUT2D eigenvalue weighted by molar-refractivity contribution is 5.62. The fourth-order valence-electron chi connectivity index (χ4n) is 4.27. The molecule has 0 spiro atoms. The Hall–Kier alpha value is -3.95. The molecule has 1 unspecified atom stereocenters. The number of nitrogens with two attached hydrogens (primary N) is 1. The SMILES string of the molecule is N#CC1=C(N)OC2=C(CN(Cc3ccccc3)CC2=Cc2ccoc2)C1c1ccoc1. The molecule has 154 valence electrons. The van der Waals surface area contributed by atoms with E-state index in [4.69, 9.17) is 19.3 Å². The van der Waals surface area contributed by atoms with Crippen molar-refractivity contribution in [3.63, 3.8) is 0 Å². The number of hydrogen-bond donors (Lipinski definition) is 1. The van der Waals surface area contributed by atoms with Gasteiger partial charge in [0, 0.05) is 36.3 Å². The van der Waals surface area contributed by atoms with Crippen LogP contribution in [0.5, 0.6) is 0 Å². The van der Waals surface area contributed by atoms with Gasteiger partial charge >= 0.3 is 0 Å². The Kier molecular flexibility index (Phi) is 4.95. The van der Waals surface area contributed by atoms with Crippen LogP contribution in [0, 0.1) is 11.3 Å². The number of benzene rings is 1. The van der Waals surface area contributed by atoms with Crippen molar-refractivity contribution in [3.05, 3.63) is 113 Å². The predicted molar refractivity (Wildman–Crippen MR) is 115 cm³/mol. The van der Waals surface area contributed by atoms with E-state index in [1.54, 1.807) is 25.1 Å². The fraction of sp³-hybridized carbons (Fsp3) is 0.160. The predicted octanol–water partition coefficient (Wildman–Crippen LogP) is 4.53. The van der Waals surface area contributed by atoms with Crippen LogP contribution in [0.1, 0.15) is 22.6 Å². The highest BCUT2D eigenvalue weighted by Gasteiger charge is 2.38. The average molecular weight is 411 g/mol. The molecule has 0 amide bonds. The summed E-state index contributed by atoms with van der Waals surface area (Å²) in [5, 5.41) is 9.83. The van der Waals surface area contributed by atoms with Gasteiger partial charge in [-0.15, -0.1) is 0 Å². The first kappa shape index (κ1) is 19.0. The molecule has 0 saturated carbocycles. The summed E-state index contributed by atoms with van der Waals surface area (Å²) >= 11 is 0. The molecular formula is C25H21N3O3. The van der Waals surface area contributed by atoms with Crippen molar-refractivity contribution in [3.8, 4) is 6.07 Å². The molecule has 2 aliphatic heterocycles. The third-order valence-corrected chi connectivity index (χ3v) is 5.62. The Labute approximate surface area is 180 Å². The standard InChI is InChI=1S/C25H21N3O3/c26-11-21-23(19-7-9-30-16-19)22-14-28(12-17-4-2-1-3-5-17)13-20(24(22)31-25(21)27)10-18-6-8-29-15-18/h1-10,15-16,23H,12-14,27H2. The third kappa shape index (κ3) is 3.67. The van der Waals surface area contributed by atoms with Crippen LogP contribution in [0.15, 0.2) is 105 Å². The van der Waals surface area contributed by atoms with E-state index in [-0.39, 0.29) is 11.8 Å². The average Bonchev–Trinajstić information content (AvgIpc) is 3.48. The monoisotopic (exact) mass is 411 g/mol. The first-order chi connectivity index (χ1) is 15.2. The van der Waals surface area contributed by atoms with Gasteiger partial charge < -0.3 is 19.3 Å². The summed E-state index contributed by atoms with van der Waals surface area (Å²) in [7, 11) is 0. The second kappa shape index (κ2) is 8.05. The molecule has 0 saturated heterocycles. The second-order valence-electron chi connectivity index (χ2n) is 7.69. The number of hydrogen-bond acceptors (Lipinski definition) is 6. The largest absolute Gasteiger partial charge is 0.472 e. The van der Waals surface area contributed by atoms with Crippen molar-refractivity contribution < 1.29 is 13.6 Å². The van der Waals surface area contributed by atoms with Crippen LogP contribution in [0.4, 0.5) is 0 Å². The van der Waals surface area contributed by atoms with Gasteiger partial charge in [0.1, 0.15) is 17.4 Å². The lowest BCUT2D eigenvalue weighted by Crippen LogP contribution is -2.37. The molecule has 0 radical (unpaired) electrons. The first-order valence-electron chi connectivity index (χ1n) is 10.0. The van der Waals surface area contributed by atoms with E-state index in [0.717, 1.165) is 34.6 Å². The van der Waals surface area contributed by atoms with E-state index in [2.05, 4.69) is 23.1 Å². The minimum Gasteiger partial charge on any atom is -0.472 e. The summed E-state index contributed by atoms with van der Waals surface area (Å²) in [5.74, 6) is 0.564. The molecule has 0 bridgehead atoms. The van der Waals surface area contributed by atoms with E-state index in [0.29, 0.717) is 18.7 Å². The van der Waals surface area contributed by atoms with Gasteiger partial charge in [-0.3, -0.25) is 4.90 Å². The van der Waals surface area contributed by atoms with E-state index in [1.807, 2.05) is 36.4 Å². The molecule has 1 aromatic carbocycles. The number of furan rings is 2. The number of nitriles is 1. The minimum absolute atomic E-state index is 0.141. The van der Waals surface area contributed by atoms with Gasteiger partial charge in [-0.1, -0.05) is 30.3 Å². The van der Waals surface area contributed by atoms with Gasteiger partial charge in [-0.2, -0.15) is 5.26 Å². The maximum atomic E-state index is 9.83. The van der Waals surface area contributed by atoms with Crippen LogP contribution in [0.2, 0.25) is 0 Å². The second-order valence-corrected chi connectivity index (χ2v) is 7.69. The summed E-state index contributed by atoms with van der Waals surface area (Å²) < 4.78 is 16.6. The lowest BCUT2D eigenvalue weighted by atomic mass is 9.81. The molecule has 3 aromatic rings. The van der Waals surface area contributed by atoms with Crippen LogP contribution < -0.4 is 5.73 Å². The lowest BCUT2D eigenvalue weighted by molar-refractivity contribution is 0.230. The quantitative estimate of drug-likeness (QED) is 0.678. The summed E-state index contributed by atoms with van der Waals surface area (Å²) in [6.07, 6.45) is 8.67. The van der Waals surface area contributed by atoms with Gasteiger partial charge in [0.15, 0.2) is 0 Å². The smallest absolute Gasteiger partial charge is 0.205 e. The van der Waals surface area contributed by atoms with Crippen molar-refractivity contribution in [1.82, 2.24) is 4.90 Å². The summed E-state index contributed by atoms with van der Waals surface area (Å²) in [6.45, 7) is 2.12. The van der Waals surface area contributed by atoms with Crippen LogP contribution in [0.25, 0.3) is 6.08 Å². The Balaban J connectivity index is 1.60. The molecule has 4 heterocycles. The normalized spacial score (nSPS) is 20.5. The lowest BCUT2D eigenvalue weighted by Gasteiger charge is -2.38.